The van der Waals surface area contributed by atoms with Crippen LogP contribution >= 0.6 is 11.6 Å². The third kappa shape index (κ3) is 3.69. The van der Waals surface area contributed by atoms with Gasteiger partial charge in [-0.25, -0.2) is 4.39 Å². The van der Waals surface area contributed by atoms with E-state index in [1.807, 2.05) is 6.92 Å². The Morgan fingerprint density at radius 1 is 1.40 bits per heavy atom. The molecule has 3 nitrogen and oxygen atoms in total. The smallest absolute Gasteiger partial charge is 0.306 e. The highest BCUT2D eigenvalue weighted by atomic mass is 35.5. The Morgan fingerprint density at radius 3 is 2.70 bits per heavy atom. The van der Waals surface area contributed by atoms with Gasteiger partial charge in [-0.05, 0) is 44.4 Å². The van der Waals surface area contributed by atoms with Crippen molar-refractivity contribution < 1.29 is 13.9 Å². The van der Waals surface area contributed by atoms with Gasteiger partial charge in [0.25, 0.3) is 0 Å². The molecule has 1 heterocycles. The van der Waals surface area contributed by atoms with Gasteiger partial charge in [0.2, 0.25) is 0 Å². The fraction of sp³-hybridized carbons (Fsp3) is 0.600. The highest BCUT2D eigenvalue weighted by molar-refractivity contribution is 6.31. The van der Waals surface area contributed by atoms with Crippen LogP contribution in [0.2, 0.25) is 5.02 Å². The Hall–Kier alpha value is -1.16. The van der Waals surface area contributed by atoms with E-state index in [1.165, 1.54) is 12.4 Å². The van der Waals surface area contributed by atoms with Crippen LogP contribution < -0.4 is 0 Å². The van der Waals surface area contributed by atoms with Gasteiger partial charge in [0.1, 0.15) is 5.82 Å². The van der Waals surface area contributed by atoms with Crippen LogP contribution in [0.1, 0.15) is 50.5 Å². The summed E-state index contributed by atoms with van der Waals surface area (Å²) in [7, 11) is 0. The maximum Gasteiger partial charge on any atom is 0.306 e. The largest absolute Gasteiger partial charge is 0.466 e. The van der Waals surface area contributed by atoms with Gasteiger partial charge < -0.3 is 4.74 Å². The zero-order valence-corrected chi connectivity index (χ0v) is 12.3. The van der Waals surface area contributed by atoms with E-state index < -0.39 is 0 Å². The molecule has 20 heavy (non-hydrogen) atoms. The van der Waals surface area contributed by atoms with Crippen LogP contribution in [0.15, 0.2) is 12.4 Å². The molecule has 5 heteroatoms. The van der Waals surface area contributed by atoms with Crippen molar-refractivity contribution in [1.29, 1.82) is 0 Å². The summed E-state index contributed by atoms with van der Waals surface area (Å²) in [6, 6.07) is 0. The van der Waals surface area contributed by atoms with Gasteiger partial charge in [0.15, 0.2) is 0 Å². The molecule has 1 saturated carbocycles. The van der Waals surface area contributed by atoms with Gasteiger partial charge in [-0.3, -0.25) is 9.78 Å². The van der Waals surface area contributed by atoms with E-state index in [9.17, 15) is 9.18 Å². The third-order valence-electron chi connectivity index (χ3n) is 3.91. The maximum absolute atomic E-state index is 13.8. The maximum atomic E-state index is 13.8. The van der Waals surface area contributed by atoms with E-state index in [-0.39, 0.29) is 17.7 Å². The molecule has 1 aromatic heterocycles. The van der Waals surface area contributed by atoms with Crippen LogP contribution in [-0.4, -0.2) is 17.6 Å². The number of rotatable bonds is 4. The minimum absolute atomic E-state index is 0.129. The summed E-state index contributed by atoms with van der Waals surface area (Å²) in [6.07, 6.45) is 6.68. The van der Waals surface area contributed by atoms with E-state index in [0.717, 1.165) is 25.7 Å². The van der Waals surface area contributed by atoms with E-state index in [1.54, 1.807) is 0 Å². The molecule has 0 N–H and O–H groups in total. The zero-order chi connectivity index (χ0) is 14.5. The highest BCUT2D eigenvalue weighted by Crippen LogP contribution is 2.40. The first-order valence-electron chi connectivity index (χ1n) is 7.06. The normalized spacial score (nSPS) is 22.6. The molecule has 0 atom stereocenters. The summed E-state index contributed by atoms with van der Waals surface area (Å²) in [5, 5.41) is 0.402. The molecule has 0 amide bonds. The molecule has 0 aromatic carbocycles. The predicted molar refractivity (Wildman–Crippen MR) is 75.2 cm³/mol. The summed E-state index contributed by atoms with van der Waals surface area (Å²) in [6.45, 7) is 2.23. The van der Waals surface area contributed by atoms with E-state index >= 15 is 0 Å². The molecule has 1 fully saturated rings. The minimum Gasteiger partial charge on any atom is -0.466 e. The van der Waals surface area contributed by atoms with Crippen LogP contribution in [0.25, 0.3) is 0 Å². The number of esters is 1. The van der Waals surface area contributed by atoms with Crippen molar-refractivity contribution in [1.82, 2.24) is 4.98 Å². The second kappa shape index (κ2) is 7.02. The molecule has 1 aliphatic rings. The lowest BCUT2D eigenvalue weighted by Gasteiger charge is -2.28. The van der Waals surface area contributed by atoms with Gasteiger partial charge in [0.05, 0.1) is 17.8 Å². The van der Waals surface area contributed by atoms with Crippen molar-refractivity contribution in [3.05, 3.63) is 28.8 Å². The summed E-state index contributed by atoms with van der Waals surface area (Å²) in [4.78, 5) is 15.2. The molecule has 1 aromatic rings. The van der Waals surface area contributed by atoms with Crippen molar-refractivity contribution in [2.24, 2.45) is 5.92 Å². The standard InChI is InChI=1S/C15H19ClFNO2/c1-2-20-14(19)7-10-3-5-11(6-4-10)15-12(16)8-18-9-13(15)17/h8-11H,2-7H2,1H3. The van der Waals surface area contributed by atoms with E-state index in [0.29, 0.717) is 29.5 Å². The Balaban J connectivity index is 1.93. The van der Waals surface area contributed by atoms with Gasteiger partial charge in [0, 0.05) is 18.2 Å². The molecule has 0 unspecified atom stereocenters. The van der Waals surface area contributed by atoms with E-state index in [2.05, 4.69) is 4.98 Å². The van der Waals surface area contributed by atoms with Crippen LogP contribution in [0.5, 0.6) is 0 Å². The van der Waals surface area contributed by atoms with Crippen LogP contribution in [-0.2, 0) is 9.53 Å². The van der Waals surface area contributed by atoms with Gasteiger partial charge in [-0.2, -0.15) is 0 Å². The zero-order valence-electron chi connectivity index (χ0n) is 11.6. The quantitative estimate of drug-likeness (QED) is 0.786. The SMILES string of the molecule is CCOC(=O)CC1CCC(c2c(F)cncc2Cl)CC1. The Labute approximate surface area is 123 Å². The molecule has 0 bridgehead atoms. The average Bonchev–Trinajstić information content (AvgIpc) is 2.40. The van der Waals surface area contributed by atoms with Gasteiger partial charge >= 0.3 is 5.97 Å². The van der Waals surface area contributed by atoms with Crippen LogP contribution in [0.4, 0.5) is 4.39 Å². The fourth-order valence-corrected chi connectivity index (χ4v) is 3.22. The van der Waals surface area contributed by atoms with Crippen molar-refractivity contribution in [2.45, 2.75) is 44.9 Å². The molecule has 0 aliphatic heterocycles. The second-order valence-corrected chi connectivity index (χ2v) is 5.65. The molecular weight excluding hydrogens is 281 g/mol. The average molecular weight is 300 g/mol. The lowest BCUT2D eigenvalue weighted by Crippen LogP contribution is -2.18. The monoisotopic (exact) mass is 299 g/mol. The van der Waals surface area contributed by atoms with Crippen molar-refractivity contribution in [3.63, 3.8) is 0 Å². The number of nitrogens with zero attached hydrogens (tertiary/aromatic N) is 1. The minimum atomic E-state index is -0.327. The Bertz CT molecular complexity index is 453. The topological polar surface area (TPSA) is 39.2 Å². The lowest BCUT2D eigenvalue weighted by molar-refractivity contribution is -0.144. The molecule has 0 saturated heterocycles. The first-order valence-corrected chi connectivity index (χ1v) is 7.44. The molecule has 2 rings (SSSR count). The lowest BCUT2D eigenvalue weighted by atomic mass is 9.77. The van der Waals surface area contributed by atoms with Crippen molar-refractivity contribution >= 4 is 17.6 Å². The fourth-order valence-electron chi connectivity index (χ4n) is 2.92. The summed E-state index contributed by atoms with van der Waals surface area (Å²) in [5.41, 5.74) is 0.580. The van der Waals surface area contributed by atoms with Crippen molar-refractivity contribution in [2.75, 3.05) is 6.61 Å². The number of carbonyl (C=O) groups excluding carboxylic acids is 1. The van der Waals surface area contributed by atoms with Crippen molar-refractivity contribution in [3.8, 4) is 0 Å². The Kier molecular flexibility index (Phi) is 5.35. The predicted octanol–water partition coefficient (Wildman–Crippen LogP) is 4.10. The number of carbonyl (C=O) groups is 1. The van der Waals surface area contributed by atoms with Crippen LogP contribution in [0.3, 0.4) is 0 Å². The molecular formula is C15H19ClFNO2. The summed E-state index contributed by atoms with van der Waals surface area (Å²) in [5.74, 6) is 0.00772. The van der Waals surface area contributed by atoms with Gasteiger partial charge in [-0.1, -0.05) is 11.6 Å². The first-order chi connectivity index (χ1) is 9.61. The number of hydrogen-bond acceptors (Lipinski definition) is 3. The number of pyridine rings is 1. The number of halogens is 2. The third-order valence-corrected chi connectivity index (χ3v) is 4.21. The number of hydrogen-bond donors (Lipinski definition) is 0. The molecule has 1 aliphatic carbocycles. The second-order valence-electron chi connectivity index (χ2n) is 5.24. The molecule has 0 spiro atoms. The van der Waals surface area contributed by atoms with Crippen LogP contribution in [0, 0.1) is 11.7 Å². The highest BCUT2D eigenvalue weighted by Gasteiger charge is 2.27. The molecule has 110 valence electrons. The summed E-state index contributed by atoms with van der Waals surface area (Å²) < 4.78 is 18.8. The van der Waals surface area contributed by atoms with Gasteiger partial charge in [-0.15, -0.1) is 0 Å². The first kappa shape index (κ1) is 15.2. The number of ether oxygens (including phenoxy) is 1. The molecule has 0 radical (unpaired) electrons. The Morgan fingerprint density at radius 2 is 2.10 bits per heavy atom. The van der Waals surface area contributed by atoms with E-state index in [4.69, 9.17) is 16.3 Å². The summed E-state index contributed by atoms with van der Waals surface area (Å²) >= 11 is 6.05. The number of aromatic nitrogens is 1.